The van der Waals surface area contributed by atoms with Gasteiger partial charge in [0.25, 0.3) is 0 Å². The van der Waals surface area contributed by atoms with Crippen molar-refractivity contribution in [1.82, 2.24) is 14.9 Å². The van der Waals surface area contributed by atoms with Crippen molar-refractivity contribution in [2.24, 2.45) is 5.41 Å². The fourth-order valence-corrected chi connectivity index (χ4v) is 3.21. The predicted molar refractivity (Wildman–Crippen MR) is 84.6 cm³/mol. The van der Waals surface area contributed by atoms with E-state index in [1.165, 1.54) is 16.5 Å². The average molecular weight is 269 g/mol. The summed E-state index contributed by atoms with van der Waals surface area (Å²) in [6.45, 7) is 10.3. The van der Waals surface area contributed by atoms with Gasteiger partial charge in [-0.1, -0.05) is 19.9 Å². The lowest BCUT2D eigenvalue weighted by Gasteiger charge is -2.46. The van der Waals surface area contributed by atoms with Crippen LogP contribution in [0.15, 0.2) is 30.6 Å². The number of aromatic amines is 1. The molecule has 0 radical (unpaired) electrons. The highest BCUT2D eigenvalue weighted by atomic mass is 15.2. The number of fused-ring (bicyclic) bond motifs is 1. The van der Waals surface area contributed by atoms with E-state index in [0.717, 1.165) is 12.2 Å². The van der Waals surface area contributed by atoms with Crippen LogP contribution in [0.3, 0.4) is 0 Å². The standard InChI is InChI=1S/C17H23N3/c1-16(2)9-14(17(3,4)20(5)11-16)13-10-19-15-12(13)7-6-8-18-15/h6-10H,11H2,1-5H3,(H,18,19). The van der Waals surface area contributed by atoms with Gasteiger partial charge in [-0.05, 0) is 44.0 Å². The largest absolute Gasteiger partial charge is 0.346 e. The lowest BCUT2D eigenvalue weighted by atomic mass is 9.75. The van der Waals surface area contributed by atoms with Crippen molar-refractivity contribution in [3.05, 3.63) is 36.2 Å². The summed E-state index contributed by atoms with van der Waals surface area (Å²) < 4.78 is 0. The Morgan fingerprint density at radius 3 is 2.75 bits per heavy atom. The van der Waals surface area contributed by atoms with Crippen LogP contribution in [-0.2, 0) is 0 Å². The highest BCUT2D eigenvalue weighted by Gasteiger charge is 2.38. The van der Waals surface area contributed by atoms with Crippen LogP contribution in [0, 0.1) is 5.41 Å². The molecule has 1 aliphatic rings. The van der Waals surface area contributed by atoms with E-state index >= 15 is 0 Å². The lowest BCUT2D eigenvalue weighted by molar-refractivity contribution is 0.148. The Morgan fingerprint density at radius 1 is 1.25 bits per heavy atom. The van der Waals surface area contributed by atoms with Crippen molar-refractivity contribution in [3.63, 3.8) is 0 Å². The number of rotatable bonds is 1. The van der Waals surface area contributed by atoms with Gasteiger partial charge in [0.1, 0.15) is 5.65 Å². The van der Waals surface area contributed by atoms with E-state index in [1.807, 2.05) is 12.3 Å². The molecule has 0 bridgehead atoms. The van der Waals surface area contributed by atoms with Gasteiger partial charge >= 0.3 is 0 Å². The number of hydrogen-bond donors (Lipinski definition) is 1. The maximum absolute atomic E-state index is 4.40. The number of H-pyrrole nitrogens is 1. The number of nitrogens with one attached hydrogen (secondary N) is 1. The number of nitrogens with zero attached hydrogens (tertiary/aromatic N) is 2. The van der Waals surface area contributed by atoms with Crippen LogP contribution in [-0.4, -0.2) is 34.0 Å². The van der Waals surface area contributed by atoms with Crippen LogP contribution in [0.2, 0.25) is 0 Å². The number of hydrogen-bond acceptors (Lipinski definition) is 2. The molecule has 3 heterocycles. The SMILES string of the molecule is CN1CC(C)(C)C=C(c2c[nH]c3ncccc23)C1(C)C. The molecule has 1 aliphatic heterocycles. The van der Waals surface area contributed by atoms with Crippen molar-refractivity contribution < 1.29 is 0 Å². The van der Waals surface area contributed by atoms with Gasteiger partial charge in [-0.2, -0.15) is 0 Å². The first-order chi connectivity index (χ1) is 9.31. The van der Waals surface area contributed by atoms with E-state index in [0.29, 0.717) is 0 Å². The van der Waals surface area contributed by atoms with E-state index in [4.69, 9.17) is 0 Å². The second kappa shape index (κ2) is 4.19. The zero-order valence-corrected chi connectivity index (χ0v) is 13.0. The third-order valence-electron chi connectivity index (χ3n) is 4.53. The molecular weight excluding hydrogens is 246 g/mol. The summed E-state index contributed by atoms with van der Waals surface area (Å²) in [5, 5.41) is 1.21. The third-order valence-corrected chi connectivity index (χ3v) is 4.53. The minimum absolute atomic E-state index is 0.0283. The summed E-state index contributed by atoms with van der Waals surface area (Å²) in [6.07, 6.45) is 6.36. The van der Waals surface area contributed by atoms with Crippen molar-refractivity contribution in [2.45, 2.75) is 33.2 Å². The number of pyridine rings is 1. The van der Waals surface area contributed by atoms with E-state index in [1.54, 1.807) is 0 Å². The molecule has 0 saturated carbocycles. The summed E-state index contributed by atoms with van der Waals surface area (Å²) in [6, 6.07) is 4.15. The van der Waals surface area contributed by atoms with Crippen LogP contribution >= 0.6 is 0 Å². The molecule has 3 rings (SSSR count). The van der Waals surface area contributed by atoms with Crippen molar-refractivity contribution in [2.75, 3.05) is 13.6 Å². The van der Waals surface area contributed by atoms with Gasteiger partial charge < -0.3 is 4.98 Å². The Labute approximate surface area is 120 Å². The molecule has 3 nitrogen and oxygen atoms in total. The summed E-state index contributed by atoms with van der Waals surface area (Å²) >= 11 is 0. The molecule has 0 aliphatic carbocycles. The highest BCUT2D eigenvalue weighted by molar-refractivity contribution is 5.93. The Kier molecular flexibility index (Phi) is 2.80. The molecule has 0 saturated heterocycles. The highest BCUT2D eigenvalue weighted by Crippen LogP contribution is 2.42. The number of likely N-dealkylation sites (N-methyl/N-ethyl adjacent to an activating group) is 1. The first kappa shape index (κ1) is 13.4. The summed E-state index contributed by atoms with van der Waals surface area (Å²) in [5.74, 6) is 0. The van der Waals surface area contributed by atoms with Gasteiger partial charge in [0.15, 0.2) is 0 Å². The Morgan fingerprint density at radius 2 is 2.00 bits per heavy atom. The Hall–Kier alpha value is -1.61. The van der Waals surface area contributed by atoms with Crippen LogP contribution in [0.4, 0.5) is 0 Å². The topological polar surface area (TPSA) is 31.9 Å². The summed E-state index contributed by atoms with van der Waals surface area (Å²) in [4.78, 5) is 10.1. The second-order valence-electron chi connectivity index (χ2n) is 7.06. The molecule has 0 aromatic carbocycles. The average Bonchev–Trinajstić information content (AvgIpc) is 2.77. The quantitative estimate of drug-likeness (QED) is 0.856. The summed E-state index contributed by atoms with van der Waals surface area (Å²) in [5.41, 5.74) is 3.84. The summed E-state index contributed by atoms with van der Waals surface area (Å²) in [7, 11) is 2.21. The molecular formula is C17H23N3. The lowest BCUT2D eigenvalue weighted by Crippen LogP contribution is -2.49. The Balaban J connectivity index is 2.23. The van der Waals surface area contributed by atoms with E-state index in [2.05, 4.69) is 67.9 Å². The molecule has 0 unspecified atom stereocenters. The molecule has 0 amide bonds. The zero-order valence-electron chi connectivity index (χ0n) is 13.0. The molecule has 2 aromatic rings. The third kappa shape index (κ3) is 1.97. The normalized spacial score (nSPS) is 21.9. The molecule has 106 valence electrons. The monoisotopic (exact) mass is 269 g/mol. The maximum Gasteiger partial charge on any atom is 0.137 e. The maximum atomic E-state index is 4.40. The van der Waals surface area contributed by atoms with Gasteiger partial charge in [-0.3, -0.25) is 4.90 Å². The van der Waals surface area contributed by atoms with Gasteiger partial charge in [-0.25, -0.2) is 4.98 Å². The van der Waals surface area contributed by atoms with Gasteiger partial charge in [0.05, 0.1) is 0 Å². The Bertz CT molecular complexity index is 676. The molecule has 3 heteroatoms. The molecule has 2 aromatic heterocycles. The van der Waals surface area contributed by atoms with Gasteiger partial charge in [0.2, 0.25) is 0 Å². The molecule has 20 heavy (non-hydrogen) atoms. The fourth-order valence-electron chi connectivity index (χ4n) is 3.21. The van der Waals surface area contributed by atoms with E-state index in [-0.39, 0.29) is 11.0 Å². The van der Waals surface area contributed by atoms with E-state index < -0.39 is 0 Å². The smallest absolute Gasteiger partial charge is 0.137 e. The molecule has 0 fully saturated rings. The van der Waals surface area contributed by atoms with Crippen molar-refractivity contribution in [1.29, 1.82) is 0 Å². The van der Waals surface area contributed by atoms with Crippen LogP contribution in [0.5, 0.6) is 0 Å². The fraction of sp³-hybridized carbons (Fsp3) is 0.471. The first-order valence-corrected chi connectivity index (χ1v) is 7.18. The number of aromatic nitrogens is 2. The second-order valence-corrected chi connectivity index (χ2v) is 7.06. The molecule has 1 N–H and O–H groups in total. The predicted octanol–water partition coefficient (Wildman–Crippen LogP) is 3.70. The van der Waals surface area contributed by atoms with Gasteiger partial charge in [0, 0.05) is 35.4 Å². The van der Waals surface area contributed by atoms with E-state index in [9.17, 15) is 0 Å². The minimum atomic E-state index is 0.0283. The van der Waals surface area contributed by atoms with Crippen molar-refractivity contribution in [3.8, 4) is 0 Å². The molecule has 0 atom stereocenters. The van der Waals surface area contributed by atoms with Crippen molar-refractivity contribution >= 4 is 16.6 Å². The van der Waals surface area contributed by atoms with Crippen LogP contribution < -0.4 is 0 Å². The van der Waals surface area contributed by atoms with Crippen LogP contribution in [0.25, 0.3) is 16.6 Å². The first-order valence-electron chi connectivity index (χ1n) is 7.18. The molecule has 0 spiro atoms. The minimum Gasteiger partial charge on any atom is -0.346 e. The van der Waals surface area contributed by atoms with Crippen LogP contribution in [0.1, 0.15) is 33.3 Å². The van der Waals surface area contributed by atoms with Gasteiger partial charge in [-0.15, -0.1) is 0 Å². The zero-order chi connectivity index (χ0) is 14.5.